The van der Waals surface area contributed by atoms with E-state index in [0.717, 1.165) is 56.6 Å². The molecule has 1 unspecified atom stereocenters. The van der Waals surface area contributed by atoms with Crippen molar-refractivity contribution < 1.29 is 13.2 Å². The molecule has 3 heterocycles. The summed E-state index contributed by atoms with van der Waals surface area (Å²) in [6.07, 6.45) is 7.24. The van der Waals surface area contributed by atoms with Gasteiger partial charge in [0, 0.05) is 30.8 Å². The Hall–Kier alpha value is -2.42. The summed E-state index contributed by atoms with van der Waals surface area (Å²) in [6, 6.07) is 6.55. The Labute approximate surface area is 165 Å². The van der Waals surface area contributed by atoms with Crippen LogP contribution in [0.1, 0.15) is 60.2 Å². The van der Waals surface area contributed by atoms with Crippen LogP contribution in [0.5, 0.6) is 0 Å². The third-order valence-electron chi connectivity index (χ3n) is 5.36. The fraction of sp³-hybridized carbons (Fsp3) is 0.526. The van der Waals surface area contributed by atoms with Gasteiger partial charge in [0.1, 0.15) is 5.82 Å². The molecule has 0 radical (unpaired) electrons. The smallest absolute Gasteiger partial charge is 0.254 e. The van der Waals surface area contributed by atoms with Gasteiger partial charge in [-0.3, -0.25) is 9.52 Å². The molecular weight excluding hydrogens is 378 g/mol. The zero-order valence-electron chi connectivity index (χ0n) is 16.0. The Morgan fingerprint density at radius 1 is 1.14 bits per heavy atom. The number of anilines is 1. The van der Waals surface area contributed by atoms with E-state index in [1.54, 1.807) is 24.3 Å². The highest BCUT2D eigenvalue weighted by atomic mass is 32.2. The van der Waals surface area contributed by atoms with E-state index in [1.807, 2.05) is 4.90 Å². The number of aromatic nitrogens is 3. The summed E-state index contributed by atoms with van der Waals surface area (Å²) >= 11 is 0. The van der Waals surface area contributed by atoms with Crippen LogP contribution in [0.25, 0.3) is 0 Å². The number of fused-ring (bicyclic) bond motifs is 1. The highest BCUT2D eigenvalue weighted by Crippen LogP contribution is 2.33. The molecule has 2 aliphatic rings. The number of rotatable bonds is 4. The average molecular weight is 404 g/mol. The normalized spacial score (nSPS) is 19.9. The molecule has 0 bridgehead atoms. The summed E-state index contributed by atoms with van der Waals surface area (Å²) < 4.78 is 27.6. The Morgan fingerprint density at radius 2 is 2.00 bits per heavy atom. The Bertz CT molecular complexity index is 985. The summed E-state index contributed by atoms with van der Waals surface area (Å²) in [5.41, 5.74) is 0.858. The summed E-state index contributed by atoms with van der Waals surface area (Å²) in [6.45, 7) is 1.57. The maximum absolute atomic E-state index is 13.2. The van der Waals surface area contributed by atoms with Crippen LogP contribution in [0, 0.1) is 0 Å². The van der Waals surface area contributed by atoms with E-state index in [9.17, 15) is 13.2 Å². The first-order valence-corrected chi connectivity index (χ1v) is 11.6. The van der Waals surface area contributed by atoms with Crippen LogP contribution in [0.3, 0.4) is 0 Å². The molecule has 4 rings (SSSR count). The molecule has 0 aliphatic carbocycles. The van der Waals surface area contributed by atoms with Crippen molar-refractivity contribution in [1.29, 1.82) is 0 Å². The van der Waals surface area contributed by atoms with Gasteiger partial charge in [-0.25, -0.2) is 8.42 Å². The number of hydrogen-bond acceptors (Lipinski definition) is 5. The minimum absolute atomic E-state index is 0.0848. The van der Waals surface area contributed by atoms with Crippen molar-refractivity contribution >= 4 is 21.6 Å². The molecule has 1 aromatic heterocycles. The molecule has 0 spiro atoms. The second-order valence-electron chi connectivity index (χ2n) is 7.55. The quantitative estimate of drug-likeness (QED) is 0.845. The second kappa shape index (κ2) is 7.54. The van der Waals surface area contributed by atoms with Crippen molar-refractivity contribution in [2.45, 2.75) is 51.1 Å². The van der Waals surface area contributed by atoms with E-state index in [-0.39, 0.29) is 11.9 Å². The van der Waals surface area contributed by atoms with Crippen LogP contribution in [0.2, 0.25) is 0 Å². The van der Waals surface area contributed by atoms with Gasteiger partial charge in [0.25, 0.3) is 5.91 Å². The van der Waals surface area contributed by atoms with Gasteiger partial charge in [0.2, 0.25) is 10.0 Å². The summed E-state index contributed by atoms with van der Waals surface area (Å²) in [4.78, 5) is 15.0. The van der Waals surface area contributed by atoms with E-state index in [1.165, 1.54) is 6.42 Å². The molecule has 1 amide bonds. The van der Waals surface area contributed by atoms with Crippen LogP contribution in [0.15, 0.2) is 24.3 Å². The van der Waals surface area contributed by atoms with Gasteiger partial charge in [-0.1, -0.05) is 12.5 Å². The predicted octanol–water partition coefficient (Wildman–Crippen LogP) is 2.35. The Balaban J connectivity index is 1.60. The largest absolute Gasteiger partial charge is 0.328 e. The molecule has 9 heteroatoms. The molecule has 150 valence electrons. The first-order chi connectivity index (χ1) is 13.4. The summed E-state index contributed by atoms with van der Waals surface area (Å²) in [5, 5.41) is 8.82. The highest BCUT2D eigenvalue weighted by Gasteiger charge is 2.35. The standard InChI is InChI=1S/C19H25N5O3S/c1-28(26,27)22-15-8-5-7-14(13-15)19(25)23-12-6-9-16(23)18-21-20-17-10-3-2-4-11-24(17)18/h5,7-8,13,16,22H,2-4,6,9-12H2,1H3. The molecule has 1 N–H and O–H groups in total. The number of hydrogen-bond donors (Lipinski definition) is 1. The lowest BCUT2D eigenvalue weighted by atomic mass is 10.1. The van der Waals surface area contributed by atoms with E-state index in [4.69, 9.17) is 0 Å². The summed E-state index contributed by atoms with van der Waals surface area (Å²) in [7, 11) is -3.40. The van der Waals surface area contributed by atoms with Crippen molar-refractivity contribution in [3.05, 3.63) is 41.5 Å². The molecule has 2 aliphatic heterocycles. The number of carbonyl (C=O) groups is 1. The molecule has 2 aromatic rings. The monoisotopic (exact) mass is 403 g/mol. The van der Waals surface area contributed by atoms with Crippen molar-refractivity contribution in [3.63, 3.8) is 0 Å². The molecule has 1 fully saturated rings. The van der Waals surface area contributed by atoms with Crippen molar-refractivity contribution in [1.82, 2.24) is 19.7 Å². The maximum Gasteiger partial charge on any atom is 0.254 e. The predicted molar refractivity (Wildman–Crippen MR) is 105 cm³/mol. The molecule has 28 heavy (non-hydrogen) atoms. The van der Waals surface area contributed by atoms with Gasteiger partial charge in [0.05, 0.1) is 12.3 Å². The van der Waals surface area contributed by atoms with Gasteiger partial charge in [0.15, 0.2) is 5.82 Å². The first-order valence-electron chi connectivity index (χ1n) is 9.73. The minimum atomic E-state index is -3.40. The van der Waals surface area contributed by atoms with Crippen molar-refractivity contribution in [2.75, 3.05) is 17.5 Å². The van der Waals surface area contributed by atoms with E-state index in [0.29, 0.717) is 17.8 Å². The molecule has 1 saturated heterocycles. The van der Waals surface area contributed by atoms with E-state index < -0.39 is 10.0 Å². The van der Waals surface area contributed by atoms with Crippen LogP contribution in [0.4, 0.5) is 5.69 Å². The Kier molecular flexibility index (Phi) is 5.09. The molecule has 8 nitrogen and oxygen atoms in total. The topological polar surface area (TPSA) is 97.2 Å². The minimum Gasteiger partial charge on any atom is -0.328 e. The lowest BCUT2D eigenvalue weighted by Gasteiger charge is -2.25. The number of nitrogens with zero attached hydrogens (tertiary/aromatic N) is 4. The van der Waals surface area contributed by atoms with Crippen LogP contribution in [-0.4, -0.2) is 46.8 Å². The zero-order chi connectivity index (χ0) is 19.7. The second-order valence-corrected chi connectivity index (χ2v) is 9.30. The van der Waals surface area contributed by atoms with Crippen LogP contribution >= 0.6 is 0 Å². The van der Waals surface area contributed by atoms with Gasteiger partial charge in [-0.2, -0.15) is 0 Å². The fourth-order valence-electron chi connectivity index (χ4n) is 4.13. The molecule has 1 atom stereocenters. The number of amides is 1. The maximum atomic E-state index is 13.2. The lowest BCUT2D eigenvalue weighted by Crippen LogP contribution is -2.32. The number of likely N-dealkylation sites (tertiary alicyclic amines) is 1. The zero-order valence-corrected chi connectivity index (χ0v) is 16.8. The lowest BCUT2D eigenvalue weighted by molar-refractivity contribution is 0.0727. The summed E-state index contributed by atoms with van der Waals surface area (Å²) in [5.74, 6) is 1.80. The van der Waals surface area contributed by atoms with Crippen LogP contribution < -0.4 is 4.72 Å². The third kappa shape index (κ3) is 3.89. The number of nitrogens with one attached hydrogen (secondary N) is 1. The SMILES string of the molecule is CS(=O)(=O)Nc1cccc(C(=O)N2CCCC2c2nnc3n2CCCCC3)c1. The van der Waals surface area contributed by atoms with Crippen LogP contribution in [-0.2, 0) is 23.0 Å². The first kappa shape index (κ1) is 18.9. The van der Waals surface area contributed by atoms with Gasteiger partial charge >= 0.3 is 0 Å². The number of aryl methyl sites for hydroxylation is 1. The molecule has 0 saturated carbocycles. The number of benzene rings is 1. The average Bonchev–Trinajstić information content (AvgIpc) is 3.20. The fourth-order valence-corrected chi connectivity index (χ4v) is 4.68. The van der Waals surface area contributed by atoms with E-state index >= 15 is 0 Å². The number of sulfonamides is 1. The molecular formula is C19H25N5O3S. The third-order valence-corrected chi connectivity index (χ3v) is 5.97. The Morgan fingerprint density at radius 3 is 2.82 bits per heavy atom. The van der Waals surface area contributed by atoms with Crippen molar-refractivity contribution in [2.24, 2.45) is 0 Å². The molecule has 1 aromatic carbocycles. The highest BCUT2D eigenvalue weighted by molar-refractivity contribution is 7.92. The van der Waals surface area contributed by atoms with Gasteiger partial charge < -0.3 is 9.47 Å². The van der Waals surface area contributed by atoms with Gasteiger partial charge in [-0.05, 0) is 43.9 Å². The van der Waals surface area contributed by atoms with Gasteiger partial charge in [-0.15, -0.1) is 10.2 Å². The van der Waals surface area contributed by atoms with E-state index in [2.05, 4.69) is 19.5 Å². The van der Waals surface area contributed by atoms with Crippen molar-refractivity contribution in [3.8, 4) is 0 Å². The number of carbonyl (C=O) groups excluding carboxylic acids is 1.